The maximum Gasteiger partial charge on any atom is 0.216 e. The van der Waals surface area contributed by atoms with E-state index in [2.05, 4.69) is 15.3 Å². The third-order valence-corrected chi connectivity index (χ3v) is 5.80. The van der Waals surface area contributed by atoms with Crippen LogP contribution < -0.4 is 10.5 Å². The molecule has 22 heavy (non-hydrogen) atoms. The lowest BCUT2D eigenvalue weighted by Gasteiger charge is -2.39. The fourth-order valence-corrected chi connectivity index (χ4v) is 3.61. The second kappa shape index (κ2) is 5.10. The summed E-state index contributed by atoms with van der Waals surface area (Å²) in [4.78, 5) is 8.08. The third kappa shape index (κ3) is 2.50. The highest BCUT2D eigenvalue weighted by Gasteiger charge is 2.46. The molecule has 6 nitrogen and oxygen atoms in total. The Morgan fingerprint density at radius 1 is 1.23 bits per heavy atom. The van der Waals surface area contributed by atoms with Gasteiger partial charge in [-0.25, -0.2) is 27.3 Å². The molecule has 0 bridgehead atoms. The Bertz CT molecular complexity index is 837. The molecule has 0 atom stereocenters. The van der Waals surface area contributed by atoms with Gasteiger partial charge < -0.3 is 5.32 Å². The first-order valence-electron chi connectivity index (χ1n) is 6.69. The van der Waals surface area contributed by atoms with E-state index in [1.54, 1.807) is 0 Å². The number of fused-ring (bicyclic) bond motifs is 1. The van der Waals surface area contributed by atoms with E-state index < -0.39 is 26.4 Å². The Labute approximate surface area is 125 Å². The second-order valence-corrected chi connectivity index (χ2v) is 7.40. The molecule has 0 unspecified atom stereocenters. The molecular weight excluding hydrogens is 314 g/mol. The van der Waals surface area contributed by atoms with Gasteiger partial charge in [0.05, 0.1) is 17.2 Å². The van der Waals surface area contributed by atoms with Crippen LogP contribution in [-0.4, -0.2) is 29.7 Å². The molecule has 0 spiro atoms. The minimum absolute atomic E-state index is 0.107. The number of nitrogens with zero attached hydrogens (tertiary/aromatic N) is 2. The van der Waals surface area contributed by atoms with Crippen molar-refractivity contribution in [1.82, 2.24) is 9.97 Å². The highest BCUT2D eigenvalue weighted by molar-refractivity contribution is 7.90. The summed E-state index contributed by atoms with van der Waals surface area (Å²) in [6.07, 6.45) is 3.11. The van der Waals surface area contributed by atoms with Crippen molar-refractivity contribution in [2.75, 3.05) is 11.9 Å². The second-order valence-electron chi connectivity index (χ2n) is 5.45. The lowest BCUT2D eigenvalue weighted by Crippen LogP contribution is -2.53. The van der Waals surface area contributed by atoms with Crippen LogP contribution in [0.4, 0.5) is 14.6 Å². The molecule has 2 aromatic rings. The SMILES string of the molecule is NS(=O)(=O)C1(CNc2cnc3cc(F)c(F)cc3n2)CCC1. The molecule has 0 radical (unpaired) electrons. The van der Waals surface area contributed by atoms with E-state index in [-0.39, 0.29) is 23.4 Å². The first-order valence-corrected chi connectivity index (χ1v) is 8.23. The highest BCUT2D eigenvalue weighted by atomic mass is 32.2. The minimum Gasteiger partial charge on any atom is -0.367 e. The third-order valence-electron chi connectivity index (χ3n) is 4.04. The van der Waals surface area contributed by atoms with E-state index in [9.17, 15) is 17.2 Å². The maximum atomic E-state index is 13.2. The number of aromatic nitrogens is 2. The lowest BCUT2D eigenvalue weighted by atomic mass is 9.84. The standard InChI is InChI=1S/C13H14F2N4O2S/c14-8-4-10-11(5-9(8)15)19-12(6-17-10)18-7-13(2-1-3-13)22(16,20)21/h4-6H,1-3,7H2,(H,18,19)(H2,16,20,21). The van der Waals surface area contributed by atoms with Crippen LogP contribution in [0.15, 0.2) is 18.3 Å². The fraction of sp³-hybridized carbons (Fsp3) is 0.385. The topological polar surface area (TPSA) is 98.0 Å². The average molecular weight is 328 g/mol. The van der Waals surface area contributed by atoms with Crippen molar-refractivity contribution < 1.29 is 17.2 Å². The lowest BCUT2D eigenvalue weighted by molar-refractivity contribution is 0.351. The number of hydrogen-bond acceptors (Lipinski definition) is 5. The van der Waals surface area contributed by atoms with Crippen LogP contribution in [0, 0.1) is 11.6 Å². The van der Waals surface area contributed by atoms with Crippen molar-refractivity contribution in [2.24, 2.45) is 5.14 Å². The number of sulfonamides is 1. The van der Waals surface area contributed by atoms with E-state index >= 15 is 0 Å². The van der Waals surface area contributed by atoms with Crippen LogP contribution in [0.2, 0.25) is 0 Å². The Morgan fingerprint density at radius 3 is 2.41 bits per heavy atom. The van der Waals surface area contributed by atoms with E-state index in [1.165, 1.54) is 6.20 Å². The normalized spacial score (nSPS) is 17.2. The molecule has 1 aliphatic rings. The molecule has 1 saturated carbocycles. The summed E-state index contributed by atoms with van der Waals surface area (Å²) in [5, 5.41) is 8.14. The maximum absolute atomic E-state index is 13.2. The van der Waals surface area contributed by atoms with Crippen molar-refractivity contribution in [3.8, 4) is 0 Å². The molecule has 1 heterocycles. The van der Waals surface area contributed by atoms with E-state index in [4.69, 9.17) is 5.14 Å². The van der Waals surface area contributed by atoms with Crippen molar-refractivity contribution >= 4 is 26.9 Å². The van der Waals surface area contributed by atoms with Crippen LogP contribution in [0.1, 0.15) is 19.3 Å². The van der Waals surface area contributed by atoms with Gasteiger partial charge in [-0.1, -0.05) is 6.42 Å². The Hall–Kier alpha value is -1.87. The van der Waals surface area contributed by atoms with Gasteiger partial charge in [0.25, 0.3) is 0 Å². The Kier molecular flexibility index (Phi) is 3.48. The molecule has 1 aromatic carbocycles. The van der Waals surface area contributed by atoms with Crippen LogP contribution in [-0.2, 0) is 10.0 Å². The first kappa shape index (κ1) is 15.0. The predicted octanol–water partition coefficient (Wildman–Crippen LogP) is 1.53. The largest absolute Gasteiger partial charge is 0.367 e. The molecule has 1 fully saturated rings. The number of hydrogen-bond donors (Lipinski definition) is 2. The zero-order valence-electron chi connectivity index (χ0n) is 11.5. The van der Waals surface area contributed by atoms with E-state index in [0.717, 1.165) is 18.6 Å². The average Bonchev–Trinajstić information content (AvgIpc) is 2.37. The van der Waals surface area contributed by atoms with Crippen molar-refractivity contribution in [3.63, 3.8) is 0 Å². The summed E-state index contributed by atoms with van der Waals surface area (Å²) in [6.45, 7) is 0.107. The molecule has 3 N–H and O–H groups in total. The van der Waals surface area contributed by atoms with Crippen LogP contribution in [0.25, 0.3) is 11.0 Å². The van der Waals surface area contributed by atoms with Gasteiger partial charge >= 0.3 is 0 Å². The summed E-state index contributed by atoms with van der Waals surface area (Å²) >= 11 is 0. The molecule has 0 saturated heterocycles. The fourth-order valence-electron chi connectivity index (χ4n) is 2.48. The summed E-state index contributed by atoms with van der Waals surface area (Å²) in [5.41, 5.74) is 0.399. The van der Waals surface area contributed by atoms with Gasteiger partial charge in [-0.2, -0.15) is 0 Å². The number of rotatable bonds is 4. The molecule has 118 valence electrons. The van der Waals surface area contributed by atoms with Crippen molar-refractivity contribution in [2.45, 2.75) is 24.0 Å². The molecule has 1 aromatic heterocycles. The summed E-state index contributed by atoms with van der Waals surface area (Å²) in [7, 11) is -3.67. The number of primary sulfonamides is 1. The quantitative estimate of drug-likeness (QED) is 0.887. The zero-order chi connectivity index (χ0) is 16.0. The van der Waals surface area contributed by atoms with E-state index in [1.807, 2.05) is 0 Å². The van der Waals surface area contributed by atoms with Gasteiger partial charge in [0.15, 0.2) is 11.6 Å². The molecule has 3 rings (SSSR count). The number of benzene rings is 1. The van der Waals surface area contributed by atoms with Gasteiger partial charge in [-0.15, -0.1) is 0 Å². The van der Waals surface area contributed by atoms with Crippen molar-refractivity contribution in [3.05, 3.63) is 30.0 Å². The molecule has 1 aliphatic carbocycles. The first-order chi connectivity index (χ1) is 10.3. The van der Waals surface area contributed by atoms with Crippen LogP contribution >= 0.6 is 0 Å². The Balaban J connectivity index is 1.84. The summed E-state index contributed by atoms with van der Waals surface area (Å²) in [5.74, 6) is -1.72. The number of anilines is 1. The Morgan fingerprint density at radius 2 is 1.86 bits per heavy atom. The molecular formula is C13H14F2N4O2S. The molecule has 0 amide bonds. The predicted molar refractivity (Wildman–Crippen MR) is 77.6 cm³/mol. The highest BCUT2D eigenvalue weighted by Crippen LogP contribution is 2.38. The molecule has 0 aliphatic heterocycles. The summed E-state index contributed by atoms with van der Waals surface area (Å²) < 4.78 is 48.7. The van der Waals surface area contributed by atoms with Gasteiger partial charge in [0.2, 0.25) is 10.0 Å². The van der Waals surface area contributed by atoms with E-state index in [0.29, 0.717) is 12.8 Å². The minimum atomic E-state index is -3.67. The van der Waals surface area contributed by atoms with Gasteiger partial charge in [0.1, 0.15) is 10.6 Å². The zero-order valence-corrected chi connectivity index (χ0v) is 12.3. The number of nitrogens with one attached hydrogen (secondary N) is 1. The van der Waals surface area contributed by atoms with Gasteiger partial charge in [-0.05, 0) is 12.8 Å². The molecule has 9 heteroatoms. The van der Waals surface area contributed by atoms with Crippen LogP contribution in [0.5, 0.6) is 0 Å². The number of halogens is 2. The van der Waals surface area contributed by atoms with Crippen molar-refractivity contribution in [1.29, 1.82) is 0 Å². The number of nitrogens with two attached hydrogens (primary N) is 1. The smallest absolute Gasteiger partial charge is 0.216 e. The van der Waals surface area contributed by atoms with Crippen LogP contribution in [0.3, 0.4) is 0 Å². The summed E-state index contributed by atoms with van der Waals surface area (Å²) in [6, 6.07) is 1.90. The van der Waals surface area contributed by atoms with Gasteiger partial charge in [0, 0.05) is 18.7 Å². The monoisotopic (exact) mass is 328 g/mol. The van der Waals surface area contributed by atoms with Gasteiger partial charge in [-0.3, -0.25) is 4.98 Å².